The molecule has 2 aromatic carbocycles. The van der Waals surface area contributed by atoms with E-state index in [0.717, 1.165) is 24.1 Å². The molecule has 28 heavy (non-hydrogen) atoms. The minimum Gasteiger partial charge on any atom is -0.504 e. The molecule has 1 heterocycles. The topological polar surface area (TPSA) is 70.6 Å². The van der Waals surface area contributed by atoms with Crippen molar-refractivity contribution in [1.82, 2.24) is 5.32 Å². The van der Waals surface area contributed by atoms with Crippen molar-refractivity contribution in [3.05, 3.63) is 65.2 Å². The van der Waals surface area contributed by atoms with E-state index in [1.54, 1.807) is 13.2 Å². The number of amides is 1. The highest BCUT2D eigenvalue weighted by Crippen LogP contribution is 2.50. The first kappa shape index (κ1) is 18.4. The first-order chi connectivity index (χ1) is 13.6. The monoisotopic (exact) mass is 378 g/mol. The zero-order chi connectivity index (χ0) is 19.7. The van der Waals surface area contributed by atoms with Crippen LogP contribution < -0.4 is 15.4 Å². The van der Waals surface area contributed by atoms with Crippen molar-refractivity contribution in [2.75, 3.05) is 19.0 Å². The summed E-state index contributed by atoms with van der Waals surface area (Å²) in [5.74, 6) is 1.23. The molecule has 0 bridgehead atoms. The summed E-state index contributed by atoms with van der Waals surface area (Å²) in [7, 11) is 1.56. The minimum absolute atomic E-state index is 0.0198. The van der Waals surface area contributed by atoms with Gasteiger partial charge >= 0.3 is 0 Å². The molecule has 5 nitrogen and oxygen atoms in total. The molecule has 0 spiro atoms. The Balaban J connectivity index is 1.67. The number of hydrogen-bond acceptors (Lipinski definition) is 4. The predicted octanol–water partition coefficient (Wildman–Crippen LogP) is 4.37. The Morgan fingerprint density at radius 3 is 2.93 bits per heavy atom. The van der Waals surface area contributed by atoms with Crippen LogP contribution in [0.25, 0.3) is 0 Å². The lowest BCUT2D eigenvalue weighted by Gasteiger charge is -2.37. The van der Waals surface area contributed by atoms with E-state index in [9.17, 15) is 9.90 Å². The normalized spacial score (nSPS) is 22.1. The number of phenols is 1. The molecule has 3 unspecified atom stereocenters. The number of carbonyl (C=O) groups is 1. The van der Waals surface area contributed by atoms with E-state index in [4.69, 9.17) is 4.74 Å². The van der Waals surface area contributed by atoms with Crippen LogP contribution >= 0.6 is 0 Å². The number of nitrogens with one attached hydrogen (secondary N) is 2. The van der Waals surface area contributed by atoms with Gasteiger partial charge in [0.05, 0.1) is 13.2 Å². The zero-order valence-electron chi connectivity index (χ0n) is 16.2. The van der Waals surface area contributed by atoms with Crippen molar-refractivity contribution in [2.45, 2.75) is 31.7 Å². The largest absolute Gasteiger partial charge is 0.504 e. The van der Waals surface area contributed by atoms with E-state index >= 15 is 0 Å². The Bertz CT molecular complexity index is 922. The summed E-state index contributed by atoms with van der Waals surface area (Å²) in [6.07, 6.45) is 6.37. The second-order valence-corrected chi connectivity index (χ2v) is 7.46. The standard InChI is InChI=1S/C23H26N2O3/c1-3-11-24-23(27)15-7-9-19-18(12-15)16-5-4-6-17(16)22(25-19)14-8-10-20(26)21(13-14)28-2/h4-5,7-10,12-13,16-17,22,25-26H,3,6,11H2,1-2H3,(H,24,27). The summed E-state index contributed by atoms with van der Waals surface area (Å²) in [4.78, 5) is 12.4. The maximum atomic E-state index is 12.4. The van der Waals surface area contributed by atoms with Crippen molar-refractivity contribution in [3.63, 3.8) is 0 Å². The van der Waals surface area contributed by atoms with Gasteiger partial charge in [-0.15, -0.1) is 0 Å². The fourth-order valence-electron chi connectivity index (χ4n) is 4.29. The Hall–Kier alpha value is -2.95. The van der Waals surface area contributed by atoms with Gasteiger partial charge in [-0.25, -0.2) is 0 Å². The zero-order valence-corrected chi connectivity index (χ0v) is 16.2. The maximum absolute atomic E-state index is 12.4. The summed E-state index contributed by atoms with van der Waals surface area (Å²) in [6.45, 7) is 2.73. The molecule has 0 aromatic heterocycles. The first-order valence-electron chi connectivity index (χ1n) is 9.84. The van der Waals surface area contributed by atoms with Crippen LogP contribution in [-0.2, 0) is 0 Å². The maximum Gasteiger partial charge on any atom is 0.251 e. The lowest BCUT2D eigenvalue weighted by atomic mass is 9.76. The van der Waals surface area contributed by atoms with Gasteiger partial charge in [0.1, 0.15) is 0 Å². The summed E-state index contributed by atoms with van der Waals surface area (Å²) in [5.41, 5.74) is 4.02. The Labute approximate surface area is 165 Å². The summed E-state index contributed by atoms with van der Waals surface area (Å²) < 4.78 is 5.29. The van der Waals surface area contributed by atoms with Crippen LogP contribution in [0.5, 0.6) is 11.5 Å². The third-order valence-electron chi connectivity index (χ3n) is 5.72. The van der Waals surface area contributed by atoms with Crippen molar-refractivity contribution in [3.8, 4) is 11.5 Å². The van der Waals surface area contributed by atoms with Crippen LogP contribution in [0.15, 0.2) is 48.6 Å². The van der Waals surface area contributed by atoms with Crippen LogP contribution in [0.4, 0.5) is 5.69 Å². The summed E-state index contributed by atoms with van der Waals surface area (Å²) in [6, 6.07) is 11.6. The number of carbonyl (C=O) groups excluding carboxylic acids is 1. The number of allylic oxidation sites excluding steroid dienone is 2. The SMILES string of the molecule is CCCNC(=O)c1ccc2c(c1)C1C=CCC1C(c1ccc(O)c(OC)c1)N2. The van der Waals surface area contributed by atoms with Gasteiger partial charge in [0.15, 0.2) is 11.5 Å². The average Bonchev–Trinajstić information content (AvgIpc) is 3.21. The molecule has 0 fully saturated rings. The number of aromatic hydroxyl groups is 1. The van der Waals surface area contributed by atoms with Crippen LogP contribution in [0.1, 0.15) is 53.2 Å². The molecule has 5 heteroatoms. The quantitative estimate of drug-likeness (QED) is 0.676. The van der Waals surface area contributed by atoms with Gasteiger partial charge in [-0.05, 0) is 60.2 Å². The highest BCUT2D eigenvalue weighted by Gasteiger charge is 2.38. The predicted molar refractivity (Wildman–Crippen MR) is 110 cm³/mol. The molecule has 2 aliphatic rings. The molecule has 3 atom stereocenters. The van der Waals surface area contributed by atoms with Gasteiger partial charge in [0.25, 0.3) is 5.91 Å². The van der Waals surface area contributed by atoms with Gasteiger partial charge < -0.3 is 20.5 Å². The molecule has 0 saturated carbocycles. The molecule has 1 aliphatic carbocycles. The number of fused-ring (bicyclic) bond motifs is 3. The van der Waals surface area contributed by atoms with E-state index in [2.05, 4.69) is 22.8 Å². The molecule has 2 aromatic rings. The Kier molecular flexibility index (Phi) is 4.99. The number of ether oxygens (including phenoxy) is 1. The highest BCUT2D eigenvalue weighted by atomic mass is 16.5. The van der Waals surface area contributed by atoms with E-state index in [1.165, 1.54) is 5.56 Å². The number of methoxy groups -OCH3 is 1. The molecule has 0 saturated heterocycles. The highest BCUT2D eigenvalue weighted by molar-refractivity contribution is 5.95. The van der Waals surface area contributed by atoms with Crippen LogP contribution in [0, 0.1) is 5.92 Å². The fraction of sp³-hybridized carbons (Fsp3) is 0.348. The van der Waals surface area contributed by atoms with Crippen molar-refractivity contribution in [2.24, 2.45) is 5.92 Å². The third kappa shape index (κ3) is 3.21. The van der Waals surface area contributed by atoms with Crippen molar-refractivity contribution < 1.29 is 14.6 Å². The molecule has 4 rings (SSSR count). The van der Waals surface area contributed by atoms with Gasteiger partial charge in [0, 0.05) is 23.7 Å². The van der Waals surface area contributed by atoms with E-state index in [0.29, 0.717) is 23.8 Å². The van der Waals surface area contributed by atoms with Crippen LogP contribution in [0.3, 0.4) is 0 Å². The average molecular weight is 378 g/mol. The van der Waals surface area contributed by atoms with E-state index < -0.39 is 0 Å². The van der Waals surface area contributed by atoms with Gasteiger partial charge in [-0.3, -0.25) is 4.79 Å². The lowest BCUT2D eigenvalue weighted by Crippen LogP contribution is -2.30. The third-order valence-corrected chi connectivity index (χ3v) is 5.72. The van der Waals surface area contributed by atoms with Crippen molar-refractivity contribution in [1.29, 1.82) is 0 Å². The second-order valence-electron chi connectivity index (χ2n) is 7.46. The molecule has 1 aliphatic heterocycles. The van der Waals surface area contributed by atoms with Gasteiger partial charge in [0.2, 0.25) is 0 Å². The smallest absolute Gasteiger partial charge is 0.251 e. The molecular weight excluding hydrogens is 352 g/mol. The Morgan fingerprint density at radius 2 is 2.14 bits per heavy atom. The fourth-order valence-corrected chi connectivity index (χ4v) is 4.29. The van der Waals surface area contributed by atoms with E-state index in [-0.39, 0.29) is 23.6 Å². The molecule has 1 amide bonds. The van der Waals surface area contributed by atoms with Crippen molar-refractivity contribution >= 4 is 11.6 Å². The number of rotatable bonds is 5. The summed E-state index contributed by atoms with van der Waals surface area (Å²) >= 11 is 0. The number of anilines is 1. The van der Waals surface area contributed by atoms with Crippen LogP contribution in [-0.4, -0.2) is 24.7 Å². The molecular formula is C23H26N2O3. The molecule has 0 radical (unpaired) electrons. The molecule has 146 valence electrons. The number of benzene rings is 2. The Morgan fingerprint density at radius 1 is 1.29 bits per heavy atom. The lowest BCUT2D eigenvalue weighted by molar-refractivity contribution is 0.0953. The number of phenolic OH excluding ortho intramolecular Hbond substituents is 1. The molecule has 3 N–H and O–H groups in total. The minimum atomic E-state index is -0.0198. The van der Waals surface area contributed by atoms with Gasteiger partial charge in [-0.1, -0.05) is 25.1 Å². The first-order valence-corrected chi connectivity index (χ1v) is 9.84. The van der Waals surface area contributed by atoms with Crippen LogP contribution in [0.2, 0.25) is 0 Å². The number of hydrogen-bond donors (Lipinski definition) is 3. The van der Waals surface area contributed by atoms with Gasteiger partial charge in [-0.2, -0.15) is 0 Å². The second kappa shape index (κ2) is 7.58. The summed E-state index contributed by atoms with van der Waals surface area (Å²) in [5, 5.41) is 16.5. The van der Waals surface area contributed by atoms with E-state index in [1.807, 2.05) is 37.3 Å².